The van der Waals surface area contributed by atoms with Crippen LogP contribution in [0.3, 0.4) is 0 Å². The highest BCUT2D eigenvalue weighted by Gasteiger charge is 2.27. The number of aryl methyl sites for hydroxylation is 1. The van der Waals surface area contributed by atoms with Crippen LogP contribution in [0.1, 0.15) is 28.8 Å². The molecule has 19 heavy (non-hydrogen) atoms. The quantitative estimate of drug-likeness (QED) is 0.768. The molecule has 0 aromatic heterocycles. The Morgan fingerprint density at radius 3 is 2.68 bits per heavy atom. The van der Waals surface area contributed by atoms with E-state index in [0.29, 0.717) is 30.9 Å². The predicted molar refractivity (Wildman–Crippen MR) is 72.0 cm³/mol. The fourth-order valence-corrected chi connectivity index (χ4v) is 1.99. The Bertz CT molecular complexity index is 522. The largest absolute Gasteiger partial charge is 0.478 e. The molecule has 0 radical (unpaired) electrons. The zero-order valence-electron chi connectivity index (χ0n) is 10.7. The van der Waals surface area contributed by atoms with Gasteiger partial charge in [0.05, 0.1) is 5.56 Å². The van der Waals surface area contributed by atoms with Gasteiger partial charge in [0.1, 0.15) is 0 Å². The zero-order chi connectivity index (χ0) is 13.8. The molecular formula is C15H17NO3. The van der Waals surface area contributed by atoms with Gasteiger partial charge >= 0.3 is 5.97 Å². The van der Waals surface area contributed by atoms with Crippen LogP contribution in [-0.4, -0.2) is 23.5 Å². The molecular weight excluding hydrogens is 242 g/mol. The van der Waals surface area contributed by atoms with Crippen molar-refractivity contribution >= 4 is 11.9 Å². The maximum absolute atomic E-state index is 11.6. The maximum Gasteiger partial charge on any atom is 0.335 e. The summed E-state index contributed by atoms with van der Waals surface area (Å²) in [6.45, 7) is 4.49. The second-order valence-electron chi connectivity index (χ2n) is 4.83. The van der Waals surface area contributed by atoms with Crippen LogP contribution in [0.15, 0.2) is 36.4 Å². The van der Waals surface area contributed by atoms with Crippen molar-refractivity contribution in [1.82, 2.24) is 5.32 Å². The van der Waals surface area contributed by atoms with E-state index in [2.05, 4.69) is 11.9 Å². The number of aromatic carboxylic acids is 1. The van der Waals surface area contributed by atoms with Crippen molar-refractivity contribution in [2.75, 3.05) is 6.54 Å². The number of hydrogen-bond acceptors (Lipinski definition) is 2. The highest BCUT2D eigenvalue weighted by molar-refractivity contribution is 5.89. The third kappa shape index (κ3) is 3.68. The molecule has 0 spiro atoms. The van der Waals surface area contributed by atoms with Gasteiger partial charge in [0.25, 0.3) is 0 Å². The molecule has 1 unspecified atom stereocenters. The van der Waals surface area contributed by atoms with Gasteiger partial charge in [-0.05, 0) is 24.5 Å². The molecule has 1 aliphatic carbocycles. The second kappa shape index (κ2) is 5.69. The molecule has 0 heterocycles. The van der Waals surface area contributed by atoms with Gasteiger partial charge in [-0.3, -0.25) is 4.79 Å². The SMILES string of the molecule is C=C1CC1CNC(=O)CCc1ccccc1C(=O)O. The summed E-state index contributed by atoms with van der Waals surface area (Å²) in [7, 11) is 0. The van der Waals surface area contributed by atoms with E-state index in [9.17, 15) is 9.59 Å². The Hall–Kier alpha value is -2.10. The second-order valence-corrected chi connectivity index (χ2v) is 4.83. The molecule has 0 aliphatic heterocycles. The molecule has 1 fully saturated rings. The summed E-state index contributed by atoms with van der Waals surface area (Å²) in [4.78, 5) is 22.7. The minimum absolute atomic E-state index is 0.0418. The van der Waals surface area contributed by atoms with E-state index in [1.807, 2.05) is 0 Å². The summed E-state index contributed by atoms with van der Waals surface area (Å²) < 4.78 is 0. The van der Waals surface area contributed by atoms with E-state index >= 15 is 0 Å². The zero-order valence-corrected chi connectivity index (χ0v) is 10.7. The number of benzene rings is 1. The third-order valence-electron chi connectivity index (χ3n) is 3.34. The summed E-state index contributed by atoms with van der Waals surface area (Å²) >= 11 is 0. The molecule has 0 saturated heterocycles. The smallest absolute Gasteiger partial charge is 0.335 e. The Kier molecular flexibility index (Phi) is 4.00. The molecule has 1 aliphatic rings. The summed E-state index contributed by atoms with van der Waals surface area (Å²) in [5.74, 6) is -0.555. The maximum atomic E-state index is 11.6. The van der Waals surface area contributed by atoms with Crippen LogP contribution in [0, 0.1) is 5.92 Å². The van der Waals surface area contributed by atoms with E-state index in [1.54, 1.807) is 24.3 Å². The van der Waals surface area contributed by atoms with Crippen LogP contribution in [0.2, 0.25) is 0 Å². The number of carbonyl (C=O) groups is 2. The molecule has 100 valence electrons. The number of rotatable bonds is 6. The van der Waals surface area contributed by atoms with Crippen LogP contribution in [0.5, 0.6) is 0 Å². The first-order valence-corrected chi connectivity index (χ1v) is 6.33. The van der Waals surface area contributed by atoms with Gasteiger partial charge in [0.15, 0.2) is 0 Å². The molecule has 1 saturated carbocycles. The highest BCUT2D eigenvalue weighted by atomic mass is 16.4. The highest BCUT2D eigenvalue weighted by Crippen LogP contribution is 2.34. The third-order valence-corrected chi connectivity index (χ3v) is 3.34. The van der Waals surface area contributed by atoms with Gasteiger partial charge in [-0.15, -0.1) is 0 Å². The lowest BCUT2D eigenvalue weighted by Gasteiger charge is -2.06. The van der Waals surface area contributed by atoms with Crippen LogP contribution in [-0.2, 0) is 11.2 Å². The van der Waals surface area contributed by atoms with Crippen molar-refractivity contribution in [3.8, 4) is 0 Å². The number of nitrogens with one attached hydrogen (secondary N) is 1. The van der Waals surface area contributed by atoms with Crippen LogP contribution >= 0.6 is 0 Å². The average molecular weight is 259 g/mol. The Morgan fingerprint density at radius 1 is 1.37 bits per heavy atom. The molecule has 2 rings (SSSR count). The Morgan fingerprint density at radius 2 is 2.05 bits per heavy atom. The summed E-state index contributed by atoms with van der Waals surface area (Å²) in [5.41, 5.74) is 2.16. The molecule has 1 aromatic carbocycles. The van der Waals surface area contributed by atoms with Gasteiger partial charge in [0.2, 0.25) is 5.91 Å². The fourth-order valence-electron chi connectivity index (χ4n) is 1.99. The van der Waals surface area contributed by atoms with Gasteiger partial charge in [-0.1, -0.05) is 30.4 Å². The standard InChI is InChI=1S/C15H17NO3/c1-10-8-12(10)9-16-14(17)7-6-11-4-2-3-5-13(11)15(18)19/h2-5,12H,1,6-9H2,(H,16,17)(H,18,19). The minimum Gasteiger partial charge on any atom is -0.478 e. The lowest BCUT2D eigenvalue weighted by atomic mass is 10.0. The van der Waals surface area contributed by atoms with Crippen LogP contribution in [0.25, 0.3) is 0 Å². The Balaban J connectivity index is 1.82. The molecule has 4 nitrogen and oxygen atoms in total. The van der Waals surface area contributed by atoms with Gasteiger partial charge < -0.3 is 10.4 Å². The first kappa shape index (κ1) is 13.3. The summed E-state index contributed by atoms with van der Waals surface area (Å²) in [5, 5.41) is 11.9. The number of carbonyl (C=O) groups excluding carboxylic acids is 1. The minimum atomic E-state index is -0.953. The van der Waals surface area contributed by atoms with E-state index in [1.165, 1.54) is 5.57 Å². The van der Waals surface area contributed by atoms with Crippen molar-refractivity contribution in [2.24, 2.45) is 5.92 Å². The predicted octanol–water partition coefficient (Wildman–Crippen LogP) is 2.01. The number of hydrogen-bond donors (Lipinski definition) is 2. The first-order chi connectivity index (χ1) is 9.08. The lowest BCUT2D eigenvalue weighted by molar-refractivity contribution is -0.121. The molecule has 1 aromatic rings. The van der Waals surface area contributed by atoms with Gasteiger partial charge in [-0.25, -0.2) is 4.79 Å². The topological polar surface area (TPSA) is 66.4 Å². The van der Waals surface area contributed by atoms with E-state index in [0.717, 1.165) is 6.42 Å². The van der Waals surface area contributed by atoms with Crippen molar-refractivity contribution in [3.63, 3.8) is 0 Å². The van der Waals surface area contributed by atoms with Gasteiger partial charge in [-0.2, -0.15) is 0 Å². The Labute approximate surface area is 112 Å². The first-order valence-electron chi connectivity index (χ1n) is 6.33. The normalized spacial score (nSPS) is 17.1. The fraction of sp³-hybridized carbons (Fsp3) is 0.333. The van der Waals surface area contributed by atoms with Crippen molar-refractivity contribution in [2.45, 2.75) is 19.3 Å². The average Bonchev–Trinajstić information content (AvgIpc) is 3.10. The van der Waals surface area contributed by atoms with Gasteiger partial charge in [0, 0.05) is 18.9 Å². The van der Waals surface area contributed by atoms with E-state index in [-0.39, 0.29) is 11.5 Å². The molecule has 2 N–H and O–H groups in total. The number of amides is 1. The summed E-state index contributed by atoms with van der Waals surface area (Å²) in [6.07, 6.45) is 1.76. The monoisotopic (exact) mass is 259 g/mol. The number of carboxylic acids is 1. The van der Waals surface area contributed by atoms with Crippen molar-refractivity contribution in [3.05, 3.63) is 47.5 Å². The van der Waals surface area contributed by atoms with E-state index in [4.69, 9.17) is 5.11 Å². The van der Waals surface area contributed by atoms with E-state index < -0.39 is 5.97 Å². The molecule has 4 heteroatoms. The molecule has 1 amide bonds. The molecule has 1 atom stereocenters. The number of carboxylic acid groups (broad SMARTS) is 1. The van der Waals surface area contributed by atoms with Crippen LogP contribution < -0.4 is 5.32 Å². The van der Waals surface area contributed by atoms with Crippen molar-refractivity contribution < 1.29 is 14.7 Å². The molecule has 0 bridgehead atoms. The summed E-state index contributed by atoms with van der Waals surface area (Å²) in [6, 6.07) is 6.78. The van der Waals surface area contributed by atoms with Crippen molar-refractivity contribution in [1.29, 1.82) is 0 Å². The lowest BCUT2D eigenvalue weighted by Crippen LogP contribution is -2.25. The van der Waals surface area contributed by atoms with Crippen LogP contribution in [0.4, 0.5) is 0 Å².